The minimum absolute atomic E-state index is 0.948. The molecule has 0 unspecified atom stereocenters. The Hall–Kier alpha value is -2.62. The van der Waals surface area contributed by atoms with Gasteiger partial charge in [0.15, 0.2) is 11.6 Å². The van der Waals surface area contributed by atoms with Crippen LogP contribution in [0.5, 0.6) is 0 Å². The second kappa shape index (κ2) is 6.60. The number of imidazole rings is 2. The molecule has 4 nitrogen and oxygen atoms in total. The van der Waals surface area contributed by atoms with E-state index in [9.17, 15) is 0 Å². The van der Waals surface area contributed by atoms with E-state index in [4.69, 9.17) is 9.97 Å². The molecule has 0 N–H and O–H groups in total. The number of nitrogens with zero attached hydrogens (tertiary/aromatic N) is 4. The number of rotatable bonds is 5. The molecule has 2 aromatic carbocycles. The predicted octanol–water partition coefficient (Wildman–Crippen LogP) is 5.49. The second-order valence-electron chi connectivity index (χ2n) is 7.16. The van der Waals surface area contributed by atoms with Crippen LogP contribution in [-0.4, -0.2) is 19.1 Å². The lowest BCUT2D eigenvalue weighted by Crippen LogP contribution is -2.06. The summed E-state index contributed by atoms with van der Waals surface area (Å²) in [5, 5.41) is 0. The molecule has 0 atom stereocenters. The van der Waals surface area contributed by atoms with Crippen molar-refractivity contribution >= 4 is 22.1 Å². The van der Waals surface area contributed by atoms with E-state index in [0.717, 1.165) is 48.6 Å². The molecule has 0 bridgehead atoms. The third kappa shape index (κ3) is 2.70. The first-order valence-electron chi connectivity index (χ1n) is 9.56. The van der Waals surface area contributed by atoms with E-state index in [1.165, 1.54) is 22.2 Å². The van der Waals surface area contributed by atoms with Gasteiger partial charge in [0, 0.05) is 13.1 Å². The topological polar surface area (TPSA) is 35.6 Å². The summed E-state index contributed by atoms with van der Waals surface area (Å²) in [7, 11) is 0. The minimum Gasteiger partial charge on any atom is -0.321 e. The maximum Gasteiger partial charge on any atom is 0.177 e. The Labute approximate surface area is 154 Å². The van der Waals surface area contributed by atoms with E-state index in [-0.39, 0.29) is 0 Å². The maximum atomic E-state index is 4.98. The van der Waals surface area contributed by atoms with Gasteiger partial charge >= 0.3 is 0 Å². The highest BCUT2D eigenvalue weighted by Crippen LogP contribution is 2.29. The fourth-order valence-electron chi connectivity index (χ4n) is 3.71. The minimum atomic E-state index is 0.948. The number of fused-ring (bicyclic) bond motifs is 2. The highest BCUT2D eigenvalue weighted by Gasteiger charge is 2.19. The van der Waals surface area contributed by atoms with Gasteiger partial charge in [-0.1, -0.05) is 26.0 Å². The molecule has 0 saturated heterocycles. The zero-order valence-electron chi connectivity index (χ0n) is 16.1. The summed E-state index contributed by atoms with van der Waals surface area (Å²) >= 11 is 0. The fourth-order valence-corrected chi connectivity index (χ4v) is 3.71. The molecule has 26 heavy (non-hydrogen) atoms. The zero-order valence-corrected chi connectivity index (χ0v) is 16.1. The smallest absolute Gasteiger partial charge is 0.177 e. The zero-order chi connectivity index (χ0) is 18.3. The van der Waals surface area contributed by atoms with Crippen LogP contribution in [0.3, 0.4) is 0 Å². The van der Waals surface area contributed by atoms with Crippen molar-refractivity contribution in [1.82, 2.24) is 19.1 Å². The van der Waals surface area contributed by atoms with Gasteiger partial charge in [-0.3, -0.25) is 0 Å². The predicted molar refractivity (Wildman–Crippen MR) is 109 cm³/mol. The first kappa shape index (κ1) is 16.8. The first-order valence-corrected chi connectivity index (χ1v) is 9.56. The van der Waals surface area contributed by atoms with Crippen LogP contribution >= 0.6 is 0 Å². The van der Waals surface area contributed by atoms with Crippen molar-refractivity contribution in [2.45, 2.75) is 53.6 Å². The molecule has 0 aliphatic rings. The standard InChI is InChI=1S/C22H26N4/c1-5-11-25-19-13-15(3)7-9-17(19)23-21(25)22-24-18-10-8-16(4)14-20(18)26(22)12-6-2/h7-10,13-14H,5-6,11-12H2,1-4H3. The number of benzene rings is 2. The molecule has 4 aromatic rings. The normalized spacial score (nSPS) is 11.7. The number of aromatic nitrogens is 4. The summed E-state index contributed by atoms with van der Waals surface area (Å²) < 4.78 is 4.67. The Kier molecular flexibility index (Phi) is 4.27. The average molecular weight is 346 g/mol. The molecule has 0 aliphatic carbocycles. The van der Waals surface area contributed by atoms with Gasteiger partial charge in [0.1, 0.15) is 0 Å². The monoisotopic (exact) mass is 346 g/mol. The molecule has 0 spiro atoms. The Bertz CT molecular complexity index is 997. The van der Waals surface area contributed by atoms with Gasteiger partial charge < -0.3 is 9.13 Å². The van der Waals surface area contributed by atoms with Crippen LogP contribution in [-0.2, 0) is 13.1 Å². The molecule has 0 radical (unpaired) electrons. The van der Waals surface area contributed by atoms with E-state index in [2.05, 4.69) is 73.2 Å². The third-order valence-electron chi connectivity index (χ3n) is 4.90. The summed E-state index contributed by atoms with van der Waals surface area (Å²) in [5.41, 5.74) is 7.02. The van der Waals surface area contributed by atoms with Crippen molar-refractivity contribution in [3.63, 3.8) is 0 Å². The van der Waals surface area contributed by atoms with Crippen molar-refractivity contribution in [1.29, 1.82) is 0 Å². The Morgan fingerprint density at radius 3 is 1.50 bits per heavy atom. The highest BCUT2D eigenvalue weighted by molar-refractivity contribution is 5.84. The molecule has 0 aliphatic heterocycles. The van der Waals surface area contributed by atoms with Gasteiger partial charge in [-0.15, -0.1) is 0 Å². The summed E-state index contributed by atoms with van der Waals surface area (Å²) in [6.45, 7) is 10.6. The van der Waals surface area contributed by atoms with E-state index in [1.807, 2.05) is 0 Å². The molecule has 4 heteroatoms. The molecular formula is C22H26N4. The van der Waals surface area contributed by atoms with Crippen LogP contribution in [0, 0.1) is 13.8 Å². The summed E-state index contributed by atoms with van der Waals surface area (Å²) in [6, 6.07) is 13.0. The summed E-state index contributed by atoms with van der Waals surface area (Å²) in [5.74, 6) is 1.96. The Balaban J connectivity index is 2.03. The first-order chi connectivity index (χ1) is 12.6. The van der Waals surface area contributed by atoms with Gasteiger partial charge in [0.05, 0.1) is 22.1 Å². The van der Waals surface area contributed by atoms with E-state index in [1.54, 1.807) is 0 Å². The lowest BCUT2D eigenvalue weighted by molar-refractivity contribution is 0.672. The lowest BCUT2D eigenvalue weighted by atomic mass is 10.2. The van der Waals surface area contributed by atoms with E-state index >= 15 is 0 Å². The number of aryl methyl sites for hydroxylation is 4. The molecule has 0 amide bonds. The number of hydrogen-bond donors (Lipinski definition) is 0. The SMILES string of the molecule is CCCn1c(-c2nc3ccc(C)cc3n2CCC)nc2ccc(C)cc21. The average Bonchev–Trinajstić information content (AvgIpc) is 3.14. The van der Waals surface area contributed by atoms with Crippen LogP contribution in [0.1, 0.15) is 37.8 Å². The van der Waals surface area contributed by atoms with Crippen LogP contribution < -0.4 is 0 Å². The molecule has 0 fully saturated rings. The van der Waals surface area contributed by atoms with Crippen LogP contribution in [0.2, 0.25) is 0 Å². The van der Waals surface area contributed by atoms with Crippen molar-refractivity contribution < 1.29 is 0 Å². The van der Waals surface area contributed by atoms with Gasteiger partial charge in [0.25, 0.3) is 0 Å². The van der Waals surface area contributed by atoms with Gasteiger partial charge in [-0.25, -0.2) is 9.97 Å². The maximum absolute atomic E-state index is 4.98. The highest BCUT2D eigenvalue weighted by atomic mass is 15.2. The second-order valence-corrected chi connectivity index (χ2v) is 7.16. The lowest BCUT2D eigenvalue weighted by Gasteiger charge is -2.10. The summed E-state index contributed by atoms with van der Waals surface area (Å²) in [4.78, 5) is 9.97. The van der Waals surface area contributed by atoms with Gasteiger partial charge in [0.2, 0.25) is 0 Å². The van der Waals surface area contributed by atoms with Crippen molar-refractivity contribution in [2.24, 2.45) is 0 Å². The molecule has 0 saturated carbocycles. The van der Waals surface area contributed by atoms with E-state index in [0.29, 0.717) is 0 Å². The molecular weight excluding hydrogens is 320 g/mol. The Morgan fingerprint density at radius 1 is 0.692 bits per heavy atom. The van der Waals surface area contributed by atoms with Gasteiger partial charge in [-0.2, -0.15) is 0 Å². The Morgan fingerprint density at radius 2 is 1.12 bits per heavy atom. The van der Waals surface area contributed by atoms with Crippen LogP contribution in [0.15, 0.2) is 36.4 Å². The molecule has 2 heterocycles. The van der Waals surface area contributed by atoms with Crippen molar-refractivity contribution in [2.75, 3.05) is 0 Å². The van der Waals surface area contributed by atoms with Crippen molar-refractivity contribution in [3.8, 4) is 11.6 Å². The van der Waals surface area contributed by atoms with E-state index < -0.39 is 0 Å². The quantitative estimate of drug-likeness (QED) is 0.479. The van der Waals surface area contributed by atoms with Crippen LogP contribution in [0.4, 0.5) is 0 Å². The summed E-state index contributed by atoms with van der Waals surface area (Å²) in [6.07, 6.45) is 2.14. The molecule has 134 valence electrons. The van der Waals surface area contributed by atoms with Crippen molar-refractivity contribution in [3.05, 3.63) is 47.5 Å². The molecule has 2 aromatic heterocycles. The number of hydrogen-bond acceptors (Lipinski definition) is 2. The third-order valence-corrected chi connectivity index (χ3v) is 4.90. The van der Waals surface area contributed by atoms with Gasteiger partial charge in [-0.05, 0) is 62.1 Å². The fraction of sp³-hybridized carbons (Fsp3) is 0.364. The largest absolute Gasteiger partial charge is 0.321 e. The molecule has 4 rings (SSSR count). The van der Waals surface area contributed by atoms with Crippen LogP contribution in [0.25, 0.3) is 33.7 Å².